The standard InChI is InChI=1S/C11H18O8P2S/c1-3-8-6-5-7-10(9(8)4-2)22(18,19)11(20(12,13)14)21(15,16)17/h5-7,11H,3-4H2,1-2H3,(H2,12,13,14)(H2,15,16,17). The number of hydrogen-bond acceptors (Lipinski definition) is 4. The molecule has 0 unspecified atom stereocenters. The first-order chi connectivity index (χ1) is 9.87. The first-order valence-corrected chi connectivity index (χ1v) is 11.2. The number of sulfone groups is 1. The van der Waals surface area contributed by atoms with E-state index in [1.807, 2.05) is 0 Å². The molecule has 0 saturated heterocycles. The second-order valence-electron chi connectivity index (χ2n) is 4.65. The fourth-order valence-electron chi connectivity index (χ4n) is 2.28. The Hall–Kier alpha value is -0.530. The van der Waals surface area contributed by atoms with E-state index in [2.05, 4.69) is 0 Å². The first kappa shape index (κ1) is 19.5. The van der Waals surface area contributed by atoms with E-state index in [0.717, 1.165) is 6.07 Å². The van der Waals surface area contributed by atoms with Crippen molar-refractivity contribution < 1.29 is 37.1 Å². The Labute approximate surface area is 128 Å². The maximum Gasteiger partial charge on any atom is 0.356 e. The summed E-state index contributed by atoms with van der Waals surface area (Å²) < 4.78 is 44.6. The Morgan fingerprint density at radius 2 is 1.50 bits per heavy atom. The second kappa shape index (κ2) is 6.53. The van der Waals surface area contributed by atoms with E-state index in [0.29, 0.717) is 17.5 Å². The molecule has 0 radical (unpaired) electrons. The van der Waals surface area contributed by atoms with Crippen molar-refractivity contribution in [1.29, 1.82) is 0 Å². The van der Waals surface area contributed by atoms with Gasteiger partial charge in [0.2, 0.25) is 9.84 Å². The number of rotatable bonds is 6. The fraction of sp³-hybridized carbons (Fsp3) is 0.455. The lowest BCUT2D eigenvalue weighted by Crippen LogP contribution is -2.23. The minimum Gasteiger partial charge on any atom is -0.323 e. The van der Waals surface area contributed by atoms with Crippen molar-refractivity contribution in [3.63, 3.8) is 0 Å². The Balaban J connectivity index is 3.73. The van der Waals surface area contributed by atoms with Gasteiger partial charge in [-0.25, -0.2) is 8.42 Å². The van der Waals surface area contributed by atoms with Crippen molar-refractivity contribution in [3.05, 3.63) is 29.3 Å². The van der Waals surface area contributed by atoms with Crippen LogP contribution in [0.2, 0.25) is 0 Å². The monoisotopic (exact) mass is 372 g/mol. The Kier molecular flexibility index (Phi) is 5.79. The molecule has 1 aromatic carbocycles. The number of benzene rings is 1. The van der Waals surface area contributed by atoms with E-state index in [1.54, 1.807) is 19.9 Å². The van der Waals surface area contributed by atoms with Crippen LogP contribution in [0.1, 0.15) is 25.0 Å². The summed E-state index contributed by atoms with van der Waals surface area (Å²) in [5.41, 5.74) is 0.940. The molecule has 0 fully saturated rings. The lowest BCUT2D eigenvalue weighted by Gasteiger charge is -2.22. The van der Waals surface area contributed by atoms with Crippen molar-refractivity contribution >= 4 is 25.0 Å². The molecular formula is C11H18O8P2S. The van der Waals surface area contributed by atoms with Crippen LogP contribution in [-0.2, 0) is 31.8 Å². The van der Waals surface area contributed by atoms with Crippen molar-refractivity contribution in [3.8, 4) is 0 Å². The molecule has 1 rings (SSSR count). The molecule has 0 atom stereocenters. The van der Waals surface area contributed by atoms with E-state index >= 15 is 0 Å². The minimum absolute atomic E-state index is 0.244. The Morgan fingerprint density at radius 3 is 1.86 bits per heavy atom. The zero-order chi connectivity index (χ0) is 17.3. The van der Waals surface area contributed by atoms with Crippen LogP contribution in [0.4, 0.5) is 0 Å². The molecule has 0 aromatic heterocycles. The van der Waals surface area contributed by atoms with Gasteiger partial charge in [-0.15, -0.1) is 0 Å². The van der Waals surface area contributed by atoms with Gasteiger partial charge >= 0.3 is 15.2 Å². The van der Waals surface area contributed by atoms with Gasteiger partial charge in [0.1, 0.15) is 0 Å². The lowest BCUT2D eigenvalue weighted by molar-refractivity contribution is 0.350. The van der Waals surface area contributed by atoms with Gasteiger partial charge in [-0.05, 0) is 30.0 Å². The van der Waals surface area contributed by atoms with Crippen LogP contribution >= 0.6 is 15.2 Å². The van der Waals surface area contributed by atoms with Crippen LogP contribution in [0, 0.1) is 0 Å². The normalized spacial score (nSPS) is 13.6. The number of hydrogen-bond donors (Lipinski definition) is 4. The van der Waals surface area contributed by atoms with Gasteiger partial charge in [-0.3, -0.25) is 9.13 Å². The summed E-state index contributed by atoms with van der Waals surface area (Å²) in [5.74, 6) is 0. The molecule has 0 aliphatic carbocycles. The molecule has 22 heavy (non-hydrogen) atoms. The molecule has 0 aliphatic heterocycles. The summed E-state index contributed by atoms with van der Waals surface area (Å²) in [6.07, 6.45) is 0.719. The predicted octanol–water partition coefficient (Wildman–Crippen LogP) is 1.22. The second-order valence-corrected chi connectivity index (χ2v) is 11.1. The average Bonchev–Trinajstić information content (AvgIpc) is 2.33. The highest BCUT2D eigenvalue weighted by Crippen LogP contribution is 2.63. The van der Waals surface area contributed by atoms with E-state index in [-0.39, 0.29) is 6.42 Å². The molecule has 8 nitrogen and oxygen atoms in total. The molecule has 0 spiro atoms. The highest BCUT2D eigenvalue weighted by molar-refractivity contribution is 8.06. The summed E-state index contributed by atoms with van der Waals surface area (Å²) in [6, 6.07) is 4.13. The third-order valence-electron chi connectivity index (χ3n) is 3.12. The van der Waals surface area contributed by atoms with Gasteiger partial charge in [0.25, 0.3) is 4.73 Å². The Morgan fingerprint density at radius 1 is 1.00 bits per heavy atom. The lowest BCUT2D eigenvalue weighted by atomic mass is 10.0. The maximum absolute atomic E-state index is 12.5. The van der Waals surface area contributed by atoms with E-state index in [9.17, 15) is 17.5 Å². The molecule has 0 heterocycles. The van der Waals surface area contributed by atoms with Crippen molar-refractivity contribution in [2.45, 2.75) is 36.3 Å². The zero-order valence-electron chi connectivity index (χ0n) is 11.9. The van der Waals surface area contributed by atoms with Crippen molar-refractivity contribution in [2.75, 3.05) is 0 Å². The molecule has 11 heteroatoms. The van der Waals surface area contributed by atoms with Crippen LogP contribution in [0.15, 0.2) is 23.1 Å². The third-order valence-corrected chi connectivity index (χ3v) is 10.9. The molecule has 0 aliphatic rings. The van der Waals surface area contributed by atoms with Crippen LogP contribution in [0.25, 0.3) is 0 Å². The average molecular weight is 372 g/mol. The highest BCUT2D eigenvalue weighted by atomic mass is 32.2. The highest BCUT2D eigenvalue weighted by Gasteiger charge is 2.54. The Bertz CT molecular complexity index is 723. The van der Waals surface area contributed by atoms with Crippen LogP contribution < -0.4 is 0 Å². The van der Waals surface area contributed by atoms with Crippen LogP contribution in [0.5, 0.6) is 0 Å². The number of aryl methyl sites for hydroxylation is 1. The maximum atomic E-state index is 12.5. The molecule has 0 bridgehead atoms. The van der Waals surface area contributed by atoms with Gasteiger partial charge in [-0.2, -0.15) is 0 Å². The minimum atomic E-state index is -5.59. The van der Waals surface area contributed by atoms with E-state index in [4.69, 9.17) is 19.6 Å². The molecule has 4 N–H and O–H groups in total. The molecule has 0 saturated carbocycles. The van der Waals surface area contributed by atoms with Crippen molar-refractivity contribution in [1.82, 2.24) is 0 Å². The zero-order valence-corrected chi connectivity index (χ0v) is 14.6. The SMILES string of the molecule is CCc1cccc(S(=O)(=O)C(P(=O)(O)O)P(=O)(O)O)c1CC. The predicted molar refractivity (Wildman–Crippen MR) is 80.3 cm³/mol. The van der Waals surface area contributed by atoms with Crippen LogP contribution in [0.3, 0.4) is 0 Å². The largest absolute Gasteiger partial charge is 0.356 e. The summed E-state index contributed by atoms with van der Waals surface area (Å²) in [6.45, 7) is 3.42. The molecular weight excluding hydrogens is 354 g/mol. The molecule has 1 aromatic rings. The first-order valence-electron chi connectivity index (χ1n) is 6.32. The van der Waals surface area contributed by atoms with Crippen LogP contribution in [-0.4, -0.2) is 32.7 Å². The van der Waals surface area contributed by atoms with Gasteiger partial charge in [0.05, 0.1) is 4.90 Å². The summed E-state index contributed by atoms with van der Waals surface area (Å²) in [7, 11) is -16.1. The van der Waals surface area contributed by atoms with Gasteiger partial charge < -0.3 is 19.6 Å². The summed E-state index contributed by atoms with van der Waals surface area (Å²) in [4.78, 5) is 36.1. The van der Waals surface area contributed by atoms with Gasteiger partial charge in [0, 0.05) is 0 Å². The topological polar surface area (TPSA) is 149 Å². The smallest absolute Gasteiger partial charge is 0.323 e. The molecule has 0 amide bonds. The van der Waals surface area contributed by atoms with Gasteiger partial charge in [-0.1, -0.05) is 26.0 Å². The fourth-order valence-corrected chi connectivity index (χ4v) is 8.54. The van der Waals surface area contributed by atoms with Crippen molar-refractivity contribution in [2.24, 2.45) is 0 Å². The summed E-state index contributed by atoms with van der Waals surface area (Å²) in [5, 5.41) is 0. The quantitative estimate of drug-likeness (QED) is 0.545. The molecule has 126 valence electrons. The summed E-state index contributed by atoms with van der Waals surface area (Å²) >= 11 is 0. The third kappa shape index (κ3) is 3.86. The van der Waals surface area contributed by atoms with Gasteiger partial charge in [0.15, 0.2) is 0 Å². The van der Waals surface area contributed by atoms with E-state index < -0.39 is 34.7 Å². The van der Waals surface area contributed by atoms with E-state index in [1.165, 1.54) is 6.07 Å².